The molecule has 1 rings (SSSR count). The Morgan fingerprint density at radius 2 is 1.81 bits per heavy atom. The van der Waals surface area contributed by atoms with Gasteiger partial charge in [-0.15, -0.1) is 0 Å². The maximum Gasteiger partial charge on any atom is 0.264 e. The number of hydrogen-bond acceptors (Lipinski definition) is 2. The zero-order valence-corrected chi connectivity index (χ0v) is 10.3. The van der Waals surface area contributed by atoms with Crippen molar-refractivity contribution in [3.8, 4) is 0 Å². The van der Waals surface area contributed by atoms with E-state index in [4.69, 9.17) is 11.6 Å². The van der Waals surface area contributed by atoms with Crippen LogP contribution in [0.5, 0.6) is 0 Å². The van der Waals surface area contributed by atoms with Crippen LogP contribution in [0.4, 0.5) is 0 Å². The molecule has 0 saturated carbocycles. The van der Waals surface area contributed by atoms with Crippen molar-refractivity contribution in [1.82, 2.24) is 0 Å². The molecule has 1 aromatic carbocycles. The second-order valence-electron chi connectivity index (χ2n) is 3.71. The van der Waals surface area contributed by atoms with Gasteiger partial charge in [-0.1, -0.05) is 19.1 Å². The Kier molecular flexibility index (Phi) is 4.05. The van der Waals surface area contributed by atoms with Crippen molar-refractivity contribution in [2.75, 3.05) is 0 Å². The fraction of sp³-hybridized carbons (Fsp3) is 0.308. The molecule has 0 aromatic heterocycles. The molecule has 0 aliphatic carbocycles. The third-order valence-electron chi connectivity index (χ3n) is 2.55. The lowest BCUT2D eigenvalue weighted by Gasteiger charge is -2.10. The molecule has 0 amide bonds. The summed E-state index contributed by atoms with van der Waals surface area (Å²) in [7, 11) is 0. The van der Waals surface area contributed by atoms with Crippen LogP contribution in [-0.2, 0) is 16.0 Å². The van der Waals surface area contributed by atoms with Crippen LogP contribution in [0.25, 0.3) is 5.57 Å². The largest absolute Gasteiger partial charge is 0.275 e. The zero-order valence-electron chi connectivity index (χ0n) is 9.56. The Morgan fingerprint density at radius 1 is 1.31 bits per heavy atom. The van der Waals surface area contributed by atoms with Gasteiger partial charge >= 0.3 is 0 Å². The van der Waals surface area contributed by atoms with Crippen LogP contribution < -0.4 is 0 Å². The molecule has 0 saturated heterocycles. The molecule has 1 aromatic rings. The number of hydrogen-bond donors (Lipinski definition) is 0. The van der Waals surface area contributed by atoms with E-state index < -0.39 is 5.24 Å². The van der Waals surface area contributed by atoms with Gasteiger partial charge in [-0.3, -0.25) is 4.79 Å². The Labute approximate surface area is 99.9 Å². The first kappa shape index (κ1) is 12.7. The van der Waals surface area contributed by atoms with Gasteiger partial charge in [-0.05, 0) is 48.6 Å². The maximum atomic E-state index is 11.1. The summed E-state index contributed by atoms with van der Waals surface area (Å²) in [6.07, 6.45) is 0.914. The second kappa shape index (κ2) is 5.11. The maximum absolute atomic E-state index is 11.1. The molecule has 16 heavy (non-hydrogen) atoms. The van der Waals surface area contributed by atoms with Crippen molar-refractivity contribution < 1.29 is 9.59 Å². The third kappa shape index (κ3) is 2.41. The Hall–Kier alpha value is -1.37. The van der Waals surface area contributed by atoms with Crippen LogP contribution in [0.3, 0.4) is 0 Å². The first-order valence-electron chi connectivity index (χ1n) is 5.06. The number of rotatable bonds is 3. The lowest BCUT2D eigenvalue weighted by molar-refractivity contribution is -0.106. The lowest BCUT2D eigenvalue weighted by atomic mass is 9.94. The van der Waals surface area contributed by atoms with Crippen LogP contribution in [-0.4, -0.2) is 11.2 Å². The molecule has 2 nitrogen and oxygen atoms in total. The third-order valence-corrected chi connectivity index (χ3v) is 2.74. The summed E-state index contributed by atoms with van der Waals surface area (Å²) in [5, 5.41) is -0.759. The van der Waals surface area contributed by atoms with E-state index in [1.54, 1.807) is 5.94 Å². The molecular weight excluding hydrogens is 224 g/mol. The summed E-state index contributed by atoms with van der Waals surface area (Å²) in [5.74, 6) is 1.62. The minimum atomic E-state index is -0.759. The van der Waals surface area contributed by atoms with Crippen molar-refractivity contribution in [2.24, 2.45) is 0 Å². The lowest BCUT2D eigenvalue weighted by Crippen LogP contribution is -2.01. The van der Waals surface area contributed by atoms with E-state index in [2.05, 4.69) is 6.92 Å². The quantitative estimate of drug-likeness (QED) is 0.460. The average molecular weight is 237 g/mol. The van der Waals surface area contributed by atoms with Gasteiger partial charge in [0.2, 0.25) is 0 Å². The average Bonchev–Trinajstić information content (AvgIpc) is 2.22. The SMILES string of the molecule is CCc1cc(C)c(C(=C=O)C(=O)Cl)c(C)c1. The summed E-state index contributed by atoms with van der Waals surface area (Å²) in [5.41, 5.74) is 3.45. The Bertz CT molecular complexity index is 460. The molecule has 0 aliphatic rings. The van der Waals surface area contributed by atoms with Gasteiger partial charge in [0.1, 0.15) is 11.5 Å². The van der Waals surface area contributed by atoms with Crippen molar-refractivity contribution in [2.45, 2.75) is 27.2 Å². The van der Waals surface area contributed by atoms with Crippen LogP contribution in [0.15, 0.2) is 12.1 Å². The highest BCUT2D eigenvalue weighted by Gasteiger charge is 2.16. The number of allylic oxidation sites excluding steroid dienone is 1. The van der Waals surface area contributed by atoms with Crippen LogP contribution in [0, 0.1) is 13.8 Å². The van der Waals surface area contributed by atoms with Crippen LogP contribution in [0.1, 0.15) is 29.2 Å². The number of halogens is 1. The van der Waals surface area contributed by atoms with Gasteiger partial charge in [0.25, 0.3) is 5.24 Å². The molecule has 0 heterocycles. The molecule has 0 unspecified atom stereocenters. The molecule has 0 N–H and O–H groups in total. The standard InChI is InChI=1S/C13H13ClO2/c1-4-10-5-8(2)12(9(3)6-10)11(7-15)13(14)16/h5-6H,4H2,1-3H3. The fourth-order valence-electron chi connectivity index (χ4n) is 1.84. The van der Waals surface area contributed by atoms with Gasteiger partial charge < -0.3 is 0 Å². The van der Waals surface area contributed by atoms with Crippen LogP contribution >= 0.6 is 11.6 Å². The Balaban J connectivity index is 3.46. The number of aryl methyl sites for hydroxylation is 3. The normalized spacial score (nSPS) is 9.75. The van der Waals surface area contributed by atoms with E-state index in [-0.39, 0.29) is 5.57 Å². The first-order valence-corrected chi connectivity index (χ1v) is 5.44. The molecule has 0 fully saturated rings. The fourth-order valence-corrected chi connectivity index (χ4v) is 1.97. The molecule has 0 bridgehead atoms. The highest BCUT2D eigenvalue weighted by Crippen LogP contribution is 2.24. The first-order chi connectivity index (χ1) is 7.51. The van der Waals surface area contributed by atoms with Crippen molar-refractivity contribution >= 4 is 28.4 Å². The van der Waals surface area contributed by atoms with Crippen LogP contribution in [0.2, 0.25) is 0 Å². The van der Waals surface area contributed by atoms with Gasteiger partial charge in [0.05, 0.1) is 0 Å². The molecule has 0 aliphatic heterocycles. The van der Waals surface area contributed by atoms with Crippen molar-refractivity contribution in [3.63, 3.8) is 0 Å². The summed E-state index contributed by atoms with van der Waals surface area (Å²) >= 11 is 5.36. The van der Waals surface area contributed by atoms with E-state index in [0.717, 1.165) is 17.5 Å². The molecule has 0 radical (unpaired) electrons. The summed E-state index contributed by atoms with van der Waals surface area (Å²) < 4.78 is 0. The smallest absolute Gasteiger partial charge is 0.264 e. The van der Waals surface area contributed by atoms with E-state index >= 15 is 0 Å². The number of benzene rings is 1. The topological polar surface area (TPSA) is 34.1 Å². The number of carbonyl (C=O) groups excluding carboxylic acids is 2. The van der Waals surface area contributed by atoms with Gasteiger partial charge in [0.15, 0.2) is 0 Å². The summed E-state index contributed by atoms with van der Waals surface area (Å²) in [6.45, 7) is 5.77. The minimum absolute atomic E-state index is 0.0840. The van der Waals surface area contributed by atoms with E-state index in [0.29, 0.717) is 5.56 Å². The molecule has 0 spiro atoms. The van der Waals surface area contributed by atoms with E-state index in [1.165, 1.54) is 5.56 Å². The van der Waals surface area contributed by atoms with Gasteiger partial charge in [-0.2, -0.15) is 0 Å². The molecule has 84 valence electrons. The van der Waals surface area contributed by atoms with Gasteiger partial charge in [0, 0.05) is 5.56 Å². The van der Waals surface area contributed by atoms with E-state index in [1.807, 2.05) is 26.0 Å². The predicted octanol–water partition coefficient (Wildman–Crippen LogP) is 2.85. The summed E-state index contributed by atoms with van der Waals surface area (Å²) in [4.78, 5) is 21.8. The predicted molar refractivity (Wildman–Crippen MR) is 65.3 cm³/mol. The van der Waals surface area contributed by atoms with Crippen molar-refractivity contribution in [3.05, 3.63) is 34.4 Å². The van der Waals surface area contributed by atoms with E-state index in [9.17, 15) is 9.59 Å². The number of carbonyl (C=O) groups is 1. The van der Waals surface area contributed by atoms with Gasteiger partial charge in [-0.25, -0.2) is 4.79 Å². The second-order valence-corrected chi connectivity index (χ2v) is 4.05. The molecular formula is C13H13ClO2. The molecule has 0 atom stereocenters. The monoisotopic (exact) mass is 236 g/mol. The molecule has 3 heteroatoms. The van der Waals surface area contributed by atoms with Crippen molar-refractivity contribution in [1.29, 1.82) is 0 Å². The highest BCUT2D eigenvalue weighted by atomic mass is 35.5. The Morgan fingerprint density at radius 3 is 2.12 bits per heavy atom. The summed E-state index contributed by atoms with van der Waals surface area (Å²) in [6, 6.07) is 3.92. The zero-order chi connectivity index (χ0) is 12.3. The highest BCUT2D eigenvalue weighted by molar-refractivity contribution is 6.75. The minimum Gasteiger partial charge on any atom is -0.275 e.